The summed E-state index contributed by atoms with van der Waals surface area (Å²) in [6, 6.07) is 14.1. The minimum Gasteiger partial charge on any atom is -0.497 e. The van der Waals surface area contributed by atoms with Crippen molar-refractivity contribution in [1.29, 1.82) is 0 Å². The van der Waals surface area contributed by atoms with E-state index in [1.54, 1.807) is 31.4 Å². The Morgan fingerprint density at radius 3 is 2.30 bits per heavy atom. The molecule has 0 heterocycles. The number of anilines is 1. The van der Waals surface area contributed by atoms with Crippen LogP contribution in [0.3, 0.4) is 0 Å². The molecule has 0 aliphatic heterocycles. The Morgan fingerprint density at radius 1 is 1.04 bits per heavy atom. The maximum atomic E-state index is 12.2. The van der Waals surface area contributed by atoms with Crippen molar-refractivity contribution in [2.24, 2.45) is 0 Å². The van der Waals surface area contributed by atoms with E-state index in [-0.39, 0.29) is 18.9 Å². The minimum absolute atomic E-state index is 0.0215. The third-order valence-corrected chi connectivity index (χ3v) is 5.12. The van der Waals surface area contributed by atoms with Crippen LogP contribution in [0.25, 0.3) is 0 Å². The largest absolute Gasteiger partial charge is 0.497 e. The van der Waals surface area contributed by atoms with E-state index in [1.165, 1.54) is 11.4 Å². The van der Waals surface area contributed by atoms with E-state index in [9.17, 15) is 13.2 Å². The number of hydrogen-bond donors (Lipinski definition) is 1. The lowest BCUT2D eigenvalue weighted by Crippen LogP contribution is -2.34. The Bertz CT molecular complexity index is 866. The molecule has 1 amide bonds. The average Bonchev–Trinajstić information content (AvgIpc) is 2.66. The molecule has 0 bridgehead atoms. The van der Waals surface area contributed by atoms with Crippen LogP contribution >= 0.6 is 0 Å². The van der Waals surface area contributed by atoms with Crippen molar-refractivity contribution < 1.29 is 22.7 Å². The molecule has 0 saturated heterocycles. The third-order valence-electron chi connectivity index (χ3n) is 3.94. The van der Waals surface area contributed by atoms with Crippen molar-refractivity contribution in [2.75, 3.05) is 31.3 Å². The SMILES string of the molecule is COc1ccc(CNC(=O)CCN(c2ccccc2OC)S(C)(=O)=O)cc1. The Morgan fingerprint density at radius 2 is 1.70 bits per heavy atom. The fraction of sp³-hybridized carbons (Fsp3) is 0.316. The molecule has 27 heavy (non-hydrogen) atoms. The Hall–Kier alpha value is -2.74. The summed E-state index contributed by atoms with van der Waals surface area (Å²) < 4.78 is 35.9. The maximum Gasteiger partial charge on any atom is 0.232 e. The number of methoxy groups -OCH3 is 2. The number of carbonyl (C=O) groups is 1. The molecule has 2 aromatic carbocycles. The van der Waals surface area contributed by atoms with Crippen LogP contribution in [0.2, 0.25) is 0 Å². The van der Waals surface area contributed by atoms with Gasteiger partial charge in [-0.25, -0.2) is 8.42 Å². The molecule has 146 valence electrons. The van der Waals surface area contributed by atoms with Crippen LogP contribution in [0.1, 0.15) is 12.0 Å². The normalized spacial score (nSPS) is 10.9. The van der Waals surface area contributed by atoms with E-state index in [0.717, 1.165) is 17.6 Å². The van der Waals surface area contributed by atoms with E-state index >= 15 is 0 Å². The number of nitrogens with zero attached hydrogens (tertiary/aromatic N) is 1. The van der Waals surface area contributed by atoms with Gasteiger partial charge in [0.2, 0.25) is 15.9 Å². The lowest BCUT2D eigenvalue weighted by atomic mass is 10.2. The zero-order chi connectivity index (χ0) is 19.9. The zero-order valence-corrected chi connectivity index (χ0v) is 16.5. The van der Waals surface area contributed by atoms with Gasteiger partial charge in [0.15, 0.2) is 0 Å². The van der Waals surface area contributed by atoms with Crippen LogP contribution in [0.5, 0.6) is 11.5 Å². The minimum atomic E-state index is -3.56. The van der Waals surface area contributed by atoms with Gasteiger partial charge in [-0.15, -0.1) is 0 Å². The first-order valence-corrected chi connectivity index (χ1v) is 10.2. The predicted molar refractivity (Wildman–Crippen MR) is 105 cm³/mol. The summed E-state index contributed by atoms with van der Waals surface area (Å²) in [5, 5.41) is 2.79. The lowest BCUT2D eigenvalue weighted by molar-refractivity contribution is -0.121. The summed E-state index contributed by atoms with van der Waals surface area (Å²) in [6.45, 7) is 0.379. The van der Waals surface area contributed by atoms with Crippen molar-refractivity contribution in [1.82, 2.24) is 5.32 Å². The fourth-order valence-electron chi connectivity index (χ4n) is 2.54. The van der Waals surface area contributed by atoms with E-state index in [0.29, 0.717) is 18.0 Å². The monoisotopic (exact) mass is 392 g/mol. The van der Waals surface area contributed by atoms with Gasteiger partial charge in [0, 0.05) is 19.5 Å². The second kappa shape index (κ2) is 9.27. The summed E-state index contributed by atoms with van der Waals surface area (Å²) >= 11 is 0. The molecule has 0 saturated carbocycles. The second-order valence-electron chi connectivity index (χ2n) is 5.88. The van der Waals surface area contributed by atoms with Crippen LogP contribution in [0.15, 0.2) is 48.5 Å². The summed E-state index contributed by atoms with van der Waals surface area (Å²) in [5.74, 6) is 0.932. The molecule has 1 N–H and O–H groups in total. The van der Waals surface area contributed by atoms with Crippen molar-refractivity contribution in [2.45, 2.75) is 13.0 Å². The number of benzene rings is 2. The Balaban J connectivity index is 1.99. The van der Waals surface area contributed by atoms with Crippen molar-refractivity contribution in [3.8, 4) is 11.5 Å². The second-order valence-corrected chi connectivity index (χ2v) is 7.79. The maximum absolute atomic E-state index is 12.2. The zero-order valence-electron chi connectivity index (χ0n) is 15.6. The standard InChI is InChI=1S/C19H24N2O5S/c1-25-16-10-8-15(9-11-16)14-20-19(22)12-13-21(27(3,23)24)17-6-4-5-7-18(17)26-2/h4-11H,12-14H2,1-3H3,(H,20,22). The van der Waals surface area contributed by atoms with Gasteiger partial charge in [0.25, 0.3) is 0 Å². The molecule has 0 radical (unpaired) electrons. The van der Waals surface area contributed by atoms with Gasteiger partial charge < -0.3 is 14.8 Å². The van der Waals surface area contributed by atoms with Crippen LogP contribution in [-0.4, -0.2) is 41.3 Å². The third kappa shape index (κ3) is 5.89. The molecule has 2 rings (SSSR count). The van der Waals surface area contributed by atoms with Gasteiger partial charge in [0.05, 0.1) is 26.2 Å². The summed E-state index contributed by atoms with van der Waals surface area (Å²) in [6.07, 6.45) is 1.13. The van der Waals surface area contributed by atoms with Gasteiger partial charge in [-0.2, -0.15) is 0 Å². The highest BCUT2D eigenvalue weighted by atomic mass is 32.2. The molecule has 7 nitrogen and oxygen atoms in total. The number of sulfonamides is 1. The molecule has 2 aromatic rings. The number of para-hydroxylation sites is 2. The Kier molecular flexibility index (Phi) is 7.06. The molecule has 0 atom stereocenters. The lowest BCUT2D eigenvalue weighted by Gasteiger charge is -2.24. The molecule has 0 aliphatic carbocycles. The fourth-order valence-corrected chi connectivity index (χ4v) is 3.47. The van der Waals surface area contributed by atoms with E-state index in [1.807, 2.05) is 24.3 Å². The van der Waals surface area contributed by atoms with Crippen molar-refractivity contribution in [3.05, 3.63) is 54.1 Å². The molecule has 0 aliphatic rings. The van der Waals surface area contributed by atoms with Gasteiger partial charge in [-0.1, -0.05) is 24.3 Å². The number of carbonyl (C=O) groups excluding carboxylic acids is 1. The molecular formula is C19H24N2O5S. The molecular weight excluding hydrogens is 368 g/mol. The number of hydrogen-bond acceptors (Lipinski definition) is 5. The quantitative estimate of drug-likeness (QED) is 0.707. The first-order valence-electron chi connectivity index (χ1n) is 8.35. The van der Waals surface area contributed by atoms with Gasteiger partial charge in [-0.05, 0) is 29.8 Å². The Labute approximate surface area is 160 Å². The van der Waals surface area contributed by atoms with Crippen molar-refractivity contribution in [3.63, 3.8) is 0 Å². The van der Waals surface area contributed by atoms with Crippen LogP contribution in [0.4, 0.5) is 5.69 Å². The average molecular weight is 392 g/mol. The van der Waals surface area contributed by atoms with Gasteiger partial charge >= 0.3 is 0 Å². The van der Waals surface area contributed by atoms with Gasteiger partial charge in [-0.3, -0.25) is 9.10 Å². The molecule has 0 fully saturated rings. The summed E-state index contributed by atoms with van der Waals surface area (Å²) in [7, 11) is -0.499. The first-order chi connectivity index (χ1) is 12.8. The first kappa shape index (κ1) is 20.6. The summed E-state index contributed by atoms with van der Waals surface area (Å²) in [5.41, 5.74) is 1.33. The highest BCUT2D eigenvalue weighted by Crippen LogP contribution is 2.29. The number of rotatable bonds is 9. The van der Waals surface area contributed by atoms with Crippen molar-refractivity contribution >= 4 is 21.6 Å². The van der Waals surface area contributed by atoms with E-state index < -0.39 is 10.0 Å². The van der Waals surface area contributed by atoms with Crippen LogP contribution in [-0.2, 0) is 21.4 Å². The van der Waals surface area contributed by atoms with Crippen LogP contribution < -0.4 is 19.1 Å². The number of amides is 1. The number of nitrogens with one attached hydrogen (secondary N) is 1. The highest BCUT2D eigenvalue weighted by Gasteiger charge is 2.21. The molecule has 0 aromatic heterocycles. The van der Waals surface area contributed by atoms with E-state index in [2.05, 4.69) is 5.32 Å². The van der Waals surface area contributed by atoms with Gasteiger partial charge in [0.1, 0.15) is 11.5 Å². The molecule has 8 heteroatoms. The molecule has 0 spiro atoms. The summed E-state index contributed by atoms with van der Waals surface area (Å²) in [4.78, 5) is 12.2. The highest BCUT2D eigenvalue weighted by molar-refractivity contribution is 7.92. The topological polar surface area (TPSA) is 84.9 Å². The molecule has 0 unspecified atom stereocenters. The number of ether oxygens (including phenoxy) is 2. The van der Waals surface area contributed by atoms with E-state index in [4.69, 9.17) is 9.47 Å². The smallest absolute Gasteiger partial charge is 0.232 e. The van der Waals surface area contributed by atoms with Crippen LogP contribution in [0, 0.1) is 0 Å². The predicted octanol–water partition coefficient (Wildman–Crippen LogP) is 2.18.